The number of rotatable bonds is 5. The second kappa shape index (κ2) is 10.2. The fraction of sp³-hybridized carbons (Fsp3) is 1.00. The Bertz CT molecular complexity index is 87.8. The van der Waals surface area contributed by atoms with Crippen molar-refractivity contribution >= 4 is 37.6 Å². The van der Waals surface area contributed by atoms with E-state index in [9.17, 15) is 4.57 Å². The van der Waals surface area contributed by atoms with Crippen LogP contribution in [0.4, 0.5) is 0 Å². The van der Waals surface area contributed by atoms with Crippen molar-refractivity contribution in [2.75, 3.05) is 12.8 Å². The molecule has 0 amide bonds. The van der Waals surface area contributed by atoms with Gasteiger partial charge in [-0.1, -0.05) is 13.8 Å². The minimum absolute atomic E-state index is 0. The molecule has 0 spiro atoms. The molecule has 0 saturated carbocycles. The summed E-state index contributed by atoms with van der Waals surface area (Å²) in [6.45, 7) is 4.68. The third kappa shape index (κ3) is 9.19. The van der Waals surface area contributed by atoms with Crippen LogP contribution < -0.4 is 0 Å². The Morgan fingerprint density at radius 2 is 1.90 bits per heavy atom. The minimum atomic E-state index is -1.65. The molecule has 0 aromatic rings. The maximum absolute atomic E-state index is 10.8. The van der Waals surface area contributed by atoms with Gasteiger partial charge in [-0.3, -0.25) is 4.57 Å². The summed E-state index contributed by atoms with van der Waals surface area (Å²) in [7, 11) is -1.65. The first kappa shape index (κ1) is 13.8. The third-order valence-corrected chi connectivity index (χ3v) is 2.36. The SMILES string of the molecule is CCCO[PH](=O)CCC.[NaH]. The van der Waals surface area contributed by atoms with Crippen LogP contribution in [0.2, 0.25) is 0 Å². The Labute approximate surface area is 85.9 Å². The van der Waals surface area contributed by atoms with E-state index in [1.807, 2.05) is 13.8 Å². The standard InChI is InChI=1S/C6H15O2P.Na.H/c1-3-5-8-9(7)6-4-2;;/h9H,3-6H2,1-2H3;;. The van der Waals surface area contributed by atoms with Gasteiger partial charge in [0.2, 0.25) is 0 Å². The molecule has 0 heterocycles. The summed E-state index contributed by atoms with van der Waals surface area (Å²) in [6, 6.07) is 0. The van der Waals surface area contributed by atoms with Crippen LogP contribution in [0.3, 0.4) is 0 Å². The van der Waals surface area contributed by atoms with Crippen LogP contribution in [0, 0.1) is 0 Å². The summed E-state index contributed by atoms with van der Waals surface area (Å²) in [5, 5.41) is 0. The van der Waals surface area contributed by atoms with E-state index in [4.69, 9.17) is 4.52 Å². The fourth-order valence-corrected chi connectivity index (χ4v) is 1.48. The van der Waals surface area contributed by atoms with Gasteiger partial charge in [-0.25, -0.2) is 0 Å². The van der Waals surface area contributed by atoms with Crippen molar-refractivity contribution in [2.24, 2.45) is 0 Å². The maximum atomic E-state index is 10.8. The molecule has 58 valence electrons. The number of hydrogen-bond donors (Lipinski definition) is 0. The summed E-state index contributed by atoms with van der Waals surface area (Å²) in [4.78, 5) is 0. The summed E-state index contributed by atoms with van der Waals surface area (Å²) < 4.78 is 15.7. The van der Waals surface area contributed by atoms with E-state index in [2.05, 4.69) is 0 Å². The van der Waals surface area contributed by atoms with Crippen LogP contribution in [0.25, 0.3) is 0 Å². The van der Waals surface area contributed by atoms with E-state index in [1.165, 1.54) is 0 Å². The molecular formula is C6H16NaO2P. The van der Waals surface area contributed by atoms with Crippen molar-refractivity contribution in [3.8, 4) is 0 Å². The van der Waals surface area contributed by atoms with Crippen LogP contribution in [0.15, 0.2) is 0 Å². The van der Waals surface area contributed by atoms with Gasteiger partial charge < -0.3 is 4.52 Å². The van der Waals surface area contributed by atoms with Crippen molar-refractivity contribution in [1.29, 1.82) is 0 Å². The van der Waals surface area contributed by atoms with Crippen molar-refractivity contribution in [3.63, 3.8) is 0 Å². The van der Waals surface area contributed by atoms with E-state index in [1.54, 1.807) is 0 Å². The van der Waals surface area contributed by atoms with E-state index in [-0.39, 0.29) is 29.6 Å². The predicted octanol–water partition coefficient (Wildman–Crippen LogP) is 1.65. The topological polar surface area (TPSA) is 26.3 Å². The van der Waals surface area contributed by atoms with Crippen molar-refractivity contribution in [2.45, 2.75) is 26.7 Å². The van der Waals surface area contributed by atoms with E-state index < -0.39 is 8.03 Å². The van der Waals surface area contributed by atoms with Crippen LogP contribution in [0.5, 0.6) is 0 Å². The third-order valence-electron chi connectivity index (χ3n) is 0.921. The van der Waals surface area contributed by atoms with Gasteiger partial charge in [-0.2, -0.15) is 0 Å². The van der Waals surface area contributed by atoms with E-state index in [0.29, 0.717) is 6.61 Å². The van der Waals surface area contributed by atoms with Crippen molar-refractivity contribution < 1.29 is 9.09 Å². The van der Waals surface area contributed by atoms with Gasteiger partial charge in [0.05, 0.1) is 6.61 Å². The van der Waals surface area contributed by atoms with Gasteiger partial charge in [0.15, 0.2) is 8.03 Å². The normalized spacial score (nSPS) is 12.2. The molecule has 2 nitrogen and oxygen atoms in total. The molecule has 10 heavy (non-hydrogen) atoms. The molecule has 1 atom stereocenters. The molecular weight excluding hydrogens is 158 g/mol. The zero-order valence-electron chi connectivity index (χ0n) is 6.14. The van der Waals surface area contributed by atoms with Gasteiger partial charge in [0, 0.05) is 6.16 Å². The second-order valence-electron chi connectivity index (χ2n) is 1.97. The molecule has 0 rings (SSSR count). The monoisotopic (exact) mass is 174 g/mol. The first-order chi connectivity index (χ1) is 4.31. The van der Waals surface area contributed by atoms with Gasteiger partial charge in [0.1, 0.15) is 0 Å². The molecule has 0 aliphatic carbocycles. The van der Waals surface area contributed by atoms with Crippen LogP contribution in [-0.4, -0.2) is 42.3 Å². The molecule has 0 bridgehead atoms. The first-order valence-corrected chi connectivity index (χ1v) is 4.99. The van der Waals surface area contributed by atoms with Gasteiger partial charge in [-0.15, -0.1) is 0 Å². The van der Waals surface area contributed by atoms with Gasteiger partial charge in [-0.05, 0) is 12.8 Å². The molecule has 0 saturated heterocycles. The molecule has 0 aliphatic heterocycles. The Kier molecular flexibility index (Phi) is 14.0. The zero-order valence-corrected chi connectivity index (χ0v) is 7.14. The quantitative estimate of drug-likeness (QED) is 0.468. The fourth-order valence-electron chi connectivity index (χ4n) is 0.492. The molecule has 0 aliphatic rings. The van der Waals surface area contributed by atoms with Gasteiger partial charge in [0.25, 0.3) is 0 Å². The molecule has 0 aromatic carbocycles. The summed E-state index contributed by atoms with van der Waals surface area (Å²) in [5.74, 6) is 0. The Hall–Kier alpha value is 1.19. The van der Waals surface area contributed by atoms with E-state index >= 15 is 0 Å². The average Bonchev–Trinajstić information content (AvgIpc) is 1.85. The predicted molar refractivity (Wildman–Crippen MR) is 47.6 cm³/mol. The van der Waals surface area contributed by atoms with Crippen LogP contribution in [-0.2, 0) is 9.09 Å². The molecule has 0 aromatic heterocycles. The average molecular weight is 174 g/mol. The summed E-state index contributed by atoms with van der Waals surface area (Å²) in [6.07, 6.45) is 2.66. The summed E-state index contributed by atoms with van der Waals surface area (Å²) >= 11 is 0. The molecule has 4 heteroatoms. The number of hydrogen-bond acceptors (Lipinski definition) is 2. The Balaban J connectivity index is 0. The zero-order chi connectivity index (χ0) is 7.11. The van der Waals surface area contributed by atoms with E-state index in [0.717, 1.165) is 19.0 Å². The van der Waals surface area contributed by atoms with Crippen molar-refractivity contribution in [3.05, 3.63) is 0 Å². The van der Waals surface area contributed by atoms with Crippen LogP contribution >= 0.6 is 8.03 Å². The van der Waals surface area contributed by atoms with Crippen molar-refractivity contribution in [1.82, 2.24) is 0 Å². The molecule has 0 fully saturated rings. The summed E-state index contributed by atoms with van der Waals surface area (Å²) in [5.41, 5.74) is 0. The Morgan fingerprint density at radius 1 is 1.30 bits per heavy atom. The van der Waals surface area contributed by atoms with Crippen LogP contribution in [0.1, 0.15) is 26.7 Å². The Morgan fingerprint density at radius 3 is 2.30 bits per heavy atom. The molecule has 1 unspecified atom stereocenters. The van der Waals surface area contributed by atoms with Gasteiger partial charge >= 0.3 is 29.6 Å². The molecule has 0 N–H and O–H groups in total. The second-order valence-corrected chi connectivity index (χ2v) is 3.50. The first-order valence-electron chi connectivity index (χ1n) is 3.46. The molecule has 0 radical (unpaired) electrons.